The summed E-state index contributed by atoms with van der Waals surface area (Å²) in [4.78, 5) is 165. The van der Waals surface area contributed by atoms with Crippen LogP contribution in [0.15, 0.2) is 48.5 Å². The van der Waals surface area contributed by atoms with E-state index >= 15 is 0 Å². The molecule has 5 atom stereocenters. The molecule has 1 fully saturated rings. The van der Waals surface area contributed by atoms with Gasteiger partial charge in [-0.2, -0.15) is 0 Å². The lowest BCUT2D eigenvalue weighted by molar-refractivity contribution is -0.167. The van der Waals surface area contributed by atoms with Crippen molar-refractivity contribution in [1.82, 2.24) is 31.5 Å². The Balaban J connectivity index is 1.12. The summed E-state index contributed by atoms with van der Waals surface area (Å²) in [7, 11) is 4.27. The van der Waals surface area contributed by atoms with Gasteiger partial charge in [0, 0.05) is 57.3 Å². The van der Waals surface area contributed by atoms with Crippen molar-refractivity contribution in [2.45, 2.75) is 140 Å². The highest BCUT2D eigenvalue weighted by molar-refractivity contribution is 6.25. The third kappa shape index (κ3) is 20.5. The number of rotatable bonds is 33. The van der Waals surface area contributed by atoms with E-state index in [1.54, 1.807) is 42.5 Å². The Hall–Kier alpha value is -8.45. The zero-order chi connectivity index (χ0) is 57.9. The number of anilines is 1. The van der Waals surface area contributed by atoms with E-state index in [1.807, 2.05) is 0 Å². The van der Waals surface area contributed by atoms with Crippen molar-refractivity contribution in [3.63, 3.8) is 0 Å². The normalized spacial score (nSPS) is 15.1. The lowest BCUT2D eigenvalue weighted by atomic mass is 10.0. The Labute approximate surface area is 455 Å². The van der Waals surface area contributed by atoms with Crippen molar-refractivity contribution in [3.05, 3.63) is 65.2 Å². The molecule has 8 amide bonds. The zero-order valence-electron chi connectivity index (χ0n) is 44.6. The molecule has 0 aromatic heterocycles. The molecule has 2 heterocycles. The molecule has 430 valence electrons. The summed E-state index contributed by atoms with van der Waals surface area (Å²) < 4.78 is 29.4. The minimum Gasteiger partial charge on any atom is -0.467 e. The van der Waals surface area contributed by atoms with Gasteiger partial charge in [-0.1, -0.05) is 62.1 Å². The average molecular weight is 1110 g/mol. The first-order valence-corrected chi connectivity index (χ1v) is 25.8. The van der Waals surface area contributed by atoms with Crippen molar-refractivity contribution < 1.29 is 90.8 Å². The van der Waals surface area contributed by atoms with E-state index in [0.29, 0.717) is 30.8 Å². The Morgan fingerprint density at radius 2 is 1.14 bits per heavy atom. The molecule has 2 aromatic carbocycles. The molecule has 79 heavy (non-hydrogen) atoms. The maximum atomic E-state index is 13.3. The van der Waals surface area contributed by atoms with Crippen molar-refractivity contribution in [2.75, 3.05) is 46.8 Å². The predicted octanol–water partition coefficient (Wildman–Crippen LogP) is 1.95. The average Bonchev–Trinajstić information content (AvgIpc) is 3.97. The number of carbonyl (C=O) groups is 13. The number of nitrogens with zero attached hydrogens (tertiary/aromatic N) is 1. The van der Waals surface area contributed by atoms with E-state index in [-0.39, 0.29) is 62.2 Å². The Kier molecular flexibility index (Phi) is 26.3. The van der Waals surface area contributed by atoms with E-state index in [2.05, 4.69) is 31.9 Å². The molecule has 0 saturated carbocycles. The van der Waals surface area contributed by atoms with Gasteiger partial charge in [-0.15, -0.1) is 0 Å². The second kappa shape index (κ2) is 33.0. The molecule has 0 aliphatic carbocycles. The third-order valence-corrected chi connectivity index (χ3v) is 12.7. The molecule has 1 unspecified atom stereocenters. The fraction of sp³-hybridized carbons (Fsp3) is 0.528. The van der Waals surface area contributed by atoms with Crippen LogP contribution in [-0.4, -0.2) is 154 Å². The number of piperidine rings is 1. The number of fused-ring (bicyclic) bond motifs is 1. The summed E-state index contributed by atoms with van der Waals surface area (Å²) in [6.07, 6.45) is -0.171. The molecule has 2 aliphatic rings. The van der Waals surface area contributed by atoms with Crippen LogP contribution in [0.3, 0.4) is 0 Å². The zero-order valence-corrected chi connectivity index (χ0v) is 44.6. The van der Waals surface area contributed by atoms with Crippen LogP contribution < -0.4 is 31.9 Å². The number of esters is 5. The molecule has 1 saturated heterocycles. The number of alkyl carbamates (subject to hydrolysis) is 1. The summed E-state index contributed by atoms with van der Waals surface area (Å²) in [5.41, 5.74) is 1.58. The summed E-state index contributed by atoms with van der Waals surface area (Å²) in [6, 6.07) is 8.67. The lowest BCUT2D eigenvalue weighted by Gasteiger charge is -2.27. The van der Waals surface area contributed by atoms with E-state index in [0.717, 1.165) is 65.4 Å². The first-order valence-electron chi connectivity index (χ1n) is 25.8. The van der Waals surface area contributed by atoms with Crippen LogP contribution >= 0.6 is 0 Å². The van der Waals surface area contributed by atoms with Gasteiger partial charge in [-0.25, -0.2) is 24.0 Å². The van der Waals surface area contributed by atoms with Crippen LogP contribution in [0.4, 0.5) is 10.5 Å². The summed E-state index contributed by atoms with van der Waals surface area (Å²) in [6.45, 7) is 0.813. The first kappa shape index (κ1) is 63.1. The summed E-state index contributed by atoms with van der Waals surface area (Å²) in [5, 5.41) is 15.4. The van der Waals surface area contributed by atoms with Gasteiger partial charge in [0.2, 0.25) is 29.5 Å². The number of carbonyl (C=O) groups excluding carboxylic acids is 13. The van der Waals surface area contributed by atoms with Crippen LogP contribution in [0.5, 0.6) is 0 Å². The summed E-state index contributed by atoms with van der Waals surface area (Å²) >= 11 is 0. The summed E-state index contributed by atoms with van der Waals surface area (Å²) in [5.74, 6) is -8.80. The van der Waals surface area contributed by atoms with Crippen LogP contribution in [-0.2, 0) is 83.0 Å². The van der Waals surface area contributed by atoms with E-state index in [9.17, 15) is 62.3 Å². The van der Waals surface area contributed by atoms with Gasteiger partial charge in [-0.3, -0.25) is 48.6 Å². The van der Waals surface area contributed by atoms with Crippen molar-refractivity contribution in [3.8, 4) is 0 Å². The molecule has 6 N–H and O–H groups in total. The molecule has 4 rings (SSSR count). The van der Waals surface area contributed by atoms with E-state index in [1.165, 1.54) is 6.07 Å². The van der Waals surface area contributed by atoms with Crippen molar-refractivity contribution >= 4 is 83.0 Å². The van der Waals surface area contributed by atoms with Crippen LogP contribution in [0, 0.1) is 0 Å². The van der Waals surface area contributed by atoms with Crippen LogP contribution in [0.1, 0.15) is 129 Å². The van der Waals surface area contributed by atoms with Gasteiger partial charge in [0.1, 0.15) is 30.8 Å². The molecular formula is C53H69N7O19. The Morgan fingerprint density at radius 3 is 1.73 bits per heavy atom. The molecular weight excluding hydrogens is 1040 g/mol. The van der Waals surface area contributed by atoms with Gasteiger partial charge in [0.25, 0.3) is 11.8 Å². The monoisotopic (exact) mass is 1110 g/mol. The maximum absolute atomic E-state index is 13.3. The molecule has 26 nitrogen and oxygen atoms in total. The second-order valence-electron chi connectivity index (χ2n) is 18.3. The maximum Gasteiger partial charge on any atom is 0.408 e. The molecule has 26 heteroatoms. The molecule has 2 aliphatic heterocycles. The number of hydrogen-bond acceptors (Lipinski definition) is 20. The largest absolute Gasteiger partial charge is 0.467 e. The molecule has 0 radical (unpaired) electrons. The highest BCUT2D eigenvalue weighted by atomic mass is 16.6. The minimum absolute atomic E-state index is 0.0282. The Bertz CT molecular complexity index is 2520. The topological polar surface area (TPSA) is 353 Å². The fourth-order valence-corrected chi connectivity index (χ4v) is 8.42. The minimum atomic E-state index is -1.60. The fourth-order valence-electron chi connectivity index (χ4n) is 8.42. The first-order chi connectivity index (χ1) is 37.9. The van der Waals surface area contributed by atoms with Crippen LogP contribution in [0.2, 0.25) is 0 Å². The second-order valence-corrected chi connectivity index (χ2v) is 18.3. The third-order valence-electron chi connectivity index (χ3n) is 12.7. The molecule has 0 bridgehead atoms. The van der Waals surface area contributed by atoms with Gasteiger partial charge >= 0.3 is 35.9 Å². The number of benzene rings is 2. The quantitative estimate of drug-likeness (QED) is 0.0257. The van der Waals surface area contributed by atoms with Crippen LogP contribution in [0.25, 0.3) is 0 Å². The molecule has 2 aromatic rings. The highest BCUT2D eigenvalue weighted by Gasteiger charge is 2.45. The number of hydrogen-bond donors (Lipinski definition) is 6. The van der Waals surface area contributed by atoms with Crippen molar-refractivity contribution in [2.24, 2.45) is 0 Å². The number of amides is 8. The van der Waals surface area contributed by atoms with E-state index in [4.69, 9.17) is 28.4 Å². The number of nitrogens with one attached hydrogen (secondary N) is 6. The number of ether oxygens (including phenoxy) is 6. The predicted molar refractivity (Wildman–Crippen MR) is 275 cm³/mol. The number of imide groups is 2. The van der Waals surface area contributed by atoms with Gasteiger partial charge in [0.05, 0.1) is 39.6 Å². The standard InChI is InChI=1S/C53H69N7O19/c1-74-49(69)35(19-24-40(61)55-30-13-8-6-5-7-12-29-54-34-18-14-17-33-45(34)48(68)60(47(33)67)38-22-26-43(64)59-46(38)66)56-42(63)27-23-39(52(72)77-4)79-44(65)28-21-36(50(70)75-2)57-41(62)25-20-37(51(71)76-3)58-53(73)78-31-32-15-10-9-11-16-32/h9-11,14-18,35-39,54H,5-8,12-13,19-31H2,1-4H3,(H,55,61)(H,56,63)(H,57,62)(H,58,73)(H,59,64,66)/t35-,36-,37-,38?,39-/m0/s1. The SMILES string of the molecule is COC(=O)[C@H](CCC(=O)NCCCCCCCCNc1cccc2c1C(=O)N(C1CCC(=O)NC1=O)C2=O)NC(=O)CC[C@H](OC(=O)CC[C@H](NC(=O)CC[C@H](NC(=O)OCc1ccccc1)C(=O)OC)C(=O)OC)C(=O)OC. The smallest absolute Gasteiger partial charge is 0.408 e. The number of unbranched alkanes of at least 4 members (excludes halogenated alkanes) is 5. The lowest BCUT2D eigenvalue weighted by Crippen LogP contribution is -2.54. The van der Waals surface area contributed by atoms with Gasteiger partial charge < -0.3 is 55.0 Å². The van der Waals surface area contributed by atoms with Gasteiger partial charge in [-0.05, 0) is 56.2 Å². The highest BCUT2D eigenvalue weighted by Crippen LogP contribution is 2.32. The van der Waals surface area contributed by atoms with E-state index < -0.39 is 127 Å². The number of methoxy groups -OCH3 is 4. The Morgan fingerprint density at radius 1 is 0.595 bits per heavy atom. The van der Waals surface area contributed by atoms with Crippen molar-refractivity contribution in [1.29, 1.82) is 0 Å². The molecule has 0 spiro atoms. The van der Waals surface area contributed by atoms with Gasteiger partial charge in [0.15, 0.2) is 6.10 Å².